The Morgan fingerprint density at radius 1 is 1.50 bits per heavy atom. The molecule has 0 aliphatic carbocycles. The fraction of sp³-hybridized carbons (Fsp3) is 0.167. The molecule has 1 atom stereocenters. The van der Waals surface area contributed by atoms with Crippen molar-refractivity contribution >= 4 is 16.0 Å². The zero-order chi connectivity index (χ0) is 11.5. The molecule has 0 bridgehead atoms. The van der Waals surface area contributed by atoms with Crippen LogP contribution in [0, 0.1) is 0 Å². The lowest BCUT2D eigenvalue weighted by Crippen LogP contribution is -1.95. The van der Waals surface area contributed by atoms with E-state index < -0.39 is 11.1 Å². The van der Waals surface area contributed by atoms with Gasteiger partial charge < -0.3 is 4.74 Å². The molecule has 0 spiro atoms. The van der Waals surface area contributed by atoms with Gasteiger partial charge in [0.1, 0.15) is 5.75 Å². The van der Waals surface area contributed by atoms with E-state index in [1.165, 1.54) is 0 Å². The molecule has 0 fully saturated rings. The Labute approximate surface area is 97.0 Å². The van der Waals surface area contributed by atoms with Crippen LogP contribution in [-0.4, -0.2) is 17.9 Å². The number of para-hydroxylation sites is 1. The fourth-order valence-corrected chi connectivity index (χ4v) is 2.65. The number of ether oxygens (including phenoxy) is 1. The first-order valence-electron chi connectivity index (χ1n) is 4.82. The largest absolute Gasteiger partial charge is 0.496 e. The van der Waals surface area contributed by atoms with Crippen LogP contribution in [-0.2, 0) is 15.3 Å². The minimum absolute atomic E-state index is 0.337. The Balaban J connectivity index is 2.58. The Morgan fingerprint density at radius 3 is 2.94 bits per heavy atom. The molecular weight excluding hydrogens is 224 g/mol. The van der Waals surface area contributed by atoms with Crippen LogP contribution >= 0.6 is 0 Å². The van der Waals surface area contributed by atoms with Crippen molar-refractivity contribution in [2.75, 3.05) is 13.7 Å². The Hall–Kier alpha value is -1.39. The summed E-state index contributed by atoms with van der Waals surface area (Å²) >= 11 is -1.43. The van der Waals surface area contributed by atoms with Crippen LogP contribution in [0.4, 0.5) is 0 Å². The van der Waals surface area contributed by atoms with Crippen LogP contribution < -0.4 is 4.74 Å². The van der Waals surface area contributed by atoms with Crippen molar-refractivity contribution in [2.45, 2.75) is 0 Å². The molecule has 0 aromatic heterocycles. The quantitative estimate of drug-likeness (QED) is 0.807. The summed E-state index contributed by atoms with van der Waals surface area (Å²) in [5, 5.41) is 0. The van der Waals surface area contributed by atoms with E-state index in [0.717, 1.165) is 11.1 Å². The summed E-state index contributed by atoms with van der Waals surface area (Å²) in [4.78, 5) is 0.660. The number of rotatable bonds is 3. The smallest absolute Gasteiger partial charge is 0.190 e. The van der Waals surface area contributed by atoms with Gasteiger partial charge in [-0.3, -0.25) is 4.18 Å². The number of hydrogen-bond acceptors (Lipinski definition) is 3. The molecule has 0 saturated heterocycles. The second kappa shape index (κ2) is 4.63. The van der Waals surface area contributed by atoms with Crippen molar-refractivity contribution in [3.8, 4) is 5.75 Å². The summed E-state index contributed by atoms with van der Waals surface area (Å²) in [6, 6.07) is 7.44. The third-order valence-electron chi connectivity index (χ3n) is 2.38. The van der Waals surface area contributed by atoms with E-state index in [0.29, 0.717) is 17.3 Å². The SMILES string of the molecule is C=CC1=C(c2ccccc2OC)S(=O)OC1. The molecule has 1 aromatic carbocycles. The van der Waals surface area contributed by atoms with Crippen LogP contribution in [0.3, 0.4) is 0 Å². The molecule has 1 aliphatic rings. The highest BCUT2D eigenvalue weighted by Crippen LogP contribution is 2.35. The van der Waals surface area contributed by atoms with Gasteiger partial charge in [-0.25, -0.2) is 4.21 Å². The highest BCUT2D eigenvalue weighted by Gasteiger charge is 2.24. The lowest BCUT2D eigenvalue weighted by atomic mass is 10.1. The van der Waals surface area contributed by atoms with E-state index in [1.54, 1.807) is 13.2 Å². The van der Waals surface area contributed by atoms with E-state index >= 15 is 0 Å². The molecule has 16 heavy (non-hydrogen) atoms. The highest BCUT2D eigenvalue weighted by molar-refractivity contribution is 7.90. The molecule has 84 valence electrons. The fourth-order valence-electron chi connectivity index (χ4n) is 1.60. The van der Waals surface area contributed by atoms with Crippen molar-refractivity contribution in [1.29, 1.82) is 0 Å². The van der Waals surface area contributed by atoms with Crippen LogP contribution in [0.1, 0.15) is 5.56 Å². The van der Waals surface area contributed by atoms with E-state index in [9.17, 15) is 4.21 Å². The minimum atomic E-state index is -1.43. The van der Waals surface area contributed by atoms with Gasteiger partial charge in [0.05, 0.1) is 18.6 Å². The zero-order valence-electron chi connectivity index (χ0n) is 8.93. The molecule has 1 aliphatic heterocycles. The Morgan fingerprint density at radius 2 is 2.25 bits per heavy atom. The van der Waals surface area contributed by atoms with Gasteiger partial charge in [-0.15, -0.1) is 0 Å². The molecular formula is C12H12O3S. The van der Waals surface area contributed by atoms with Crippen LogP contribution in [0.15, 0.2) is 42.5 Å². The molecule has 0 radical (unpaired) electrons. The maximum atomic E-state index is 11.7. The van der Waals surface area contributed by atoms with Gasteiger partial charge >= 0.3 is 0 Å². The molecule has 3 nitrogen and oxygen atoms in total. The zero-order valence-corrected chi connectivity index (χ0v) is 9.75. The normalized spacial score (nSPS) is 19.9. The number of hydrogen-bond donors (Lipinski definition) is 0. The van der Waals surface area contributed by atoms with E-state index in [2.05, 4.69) is 6.58 Å². The van der Waals surface area contributed by atoms with Gasteiger partial charge in [-0.2, -0.15) is 0 Å². The second-order valence-electron chi connectivity index (χ2n) is 3.26. The predicted molar refractivity (Wildman–Crippen MR) is 64.2 cm³/mol. The van der Waals surface area contributed by atoms with Gasteiger partial charge in [-0.05, 0) is 17.7 Å². The summed E-state index contributed by atoms with van der Waals surface area (Å²) in [7, 11) is 1.59. The van der Waals surface area contributed by atoms with Crippen LogP contribution in [0.25, 0.3) is 4.91 Å². The molecule has 0 amide bonds. The number of methoxy groups -OCH3 is 1. The van der Waals surface area contributed by atoms with Gasteiger partial charge in [0.2, 0.25) is 0 Å². The van der Waals surface area contributed by atoms with Gasteiger partial charge in [0, 0.05) is 5.56 Å². The summed E-state index contributed by atoms with van der Waals surface area (Å²) in [6.45, 7) is 4.03. The predicted octanol–water partition coefficient (Wildman–Crippen LogP) is 2.29. The molecule has 1 aromatic rings. The first-order chi connectivity index (χ1) is 7.77. The lowest BCUT2D eigenvalue weighted by Gasteiger charge is -2.08. The highest BCUT2D eigenvalue weighted by atomic mass is 32.2. The molecule has 1 heterocycles. The average molecular weight is 236 g/mol. The van der Waals surface area contributed by atoms with E-state index in [1.807, 2.05) is 24.3 Å². The third-order valence-corrected chi connectivity index (χ3v) is 3.53. The summed E-state index contributed by atoms with van der Waals surface area (Å²) in [6.07, 6.45) is 1.67. The van der Waals surface area contributed by atoms with Crippen molar-refractivity contribution in [3.05, 3.63) is 48.1 Å². The van der Waals surface area contributed by atoms with Gasteiger partial charge in [0.15, 0.2) is 11.1 Å². The Kier molecular flexibility index (Phi) is 3.22. The topological polar surface area (TPSA) is 35.5 Å². The summed E-state index contributed by atoms with van der Waals surface area (Å²) < 4.78 is 22.1. The van der Waals surface area contributed by atoms with E-state index in [4.69, 9.17) is 8.92 Å². The number of benzene rings is 1. The standard InChI is InChI=1S/C12H12O3S/c1-3-9-8-15-16(13)12(9)10-6-4-5-7-11(10)14-2/h3-7H,1,8H2,2H3. The molecule has 1 unspecified atom stereocenters. The Bertz CT molecular complexity index is 477. The minimum Gasteiger partial charge on any atom is -0.496 e. The molecule has 2 rings (SSSR count). The van der Waals surface area contributed by atoms with Crippen molar-refractivity contribution in [3.63, 3.8) is 0 Å². The molecule has 0 saturated carbocycles. The van der Waals surface area contributed by atoms with Gasteiger partial charge in [-0.1, -0.05) is 24.8 Å². The van der Waals surface area contributed by atoms with Gasteiger partial charge in [0.25, 0.3) is 0 Å². The average Bonchev–Trinajstić information content (AvgIpc) is 2.70. The van der Waals surface area contributed by atoms with Crippen molar-refractivity contribution in [1.82, 2.24) is 0 Å². The van der Waals surface area contributed by atoms with Crippen LogP contribution in [0.5, 0.6) is 5.75 Å². The van der Waals surface area contributed by atoms with Crippen molar-refractivity contribution < 1.29 is 13.1 Å². The first-order valence-corrected chi connectivity index (χ1v) is 5.89. The monoisotopic (exact) mass is 236 g/mol. The summed E-state index contributed by atoms with van der Waals surface area (Å²) in [5.41, 5.74) is 1.65. The van der Waals surface area contributed by atoms with Crippen molar-refractivity contribution in [2.24, 2.45) is 0 Å². The summed E-state index contributed by atoms with van der Waals surface area (Å²) in [5.74, 6) is 0.690. The maximum Gasteiger partial charge on any atom is 0.190 e. The lowest BCUT2D eigenvalue weighted by molar-refractivity contribution is 0.404. The first kappa shape index (κ1) is 11.1. The molecule has 0 N–H and O–H groups in total. The maximum absolute atomic E-state index is 11.7. The van der Waals surface area contributed by atoms with Crippen LogP contribution in [0.2, 0.25) is 0 Å². The third kappa shape index (κ3) is 1.81. The molecule has 4 heteroatoms. The second-order valence-corrected chi connectivity index (χ2v) is 4.37. The van der Waals surface area contributed by atoms with E-state index in [-0.39, 0.29) is 0 Å².